The zero-order valence-corrected chi connectivity index (χ0v) is 17.3. The minimum atomic E-state index is -0.608. The Labute approximate surface area is 179 Å². The van der Waals surface area contributed by atoms with E-state index in [9.17, 15) is 9.59 Å². The second-order valence-electron chi connectivity index (χ2n) is 8.12. The number of fused-ring (bicyclic) bond motifs is 2. The Bertz CT molecular complexity index is 1100. The third-order valence-corrected chi connectivity index (χ3v) is 6.32. The summed E-state index contributed by atoms with van der Waals surface area (Å²) in [6.45, 7) is 1.25. The van der Waals surface area contributed by atoms with Crippen LogP contribution in [0, 0.1) is 0 Å². The van der Waals surface area contributed by atoms with Gasteiger partial charge in [0.15, 0.2) is 0 Å². The van der Waals surface area contributed by atoms with Gasteiger partial charge in [-0.3, -0.25) is 9.59 Å². The molecule has 2 aliphatic heterocycles. The van der Waals surface area contributed by atoms with E-state index in [-0.39, 0.29) is 23.3 Å². The average molecular weight is 426 g/mol. The number of nitrogens with one attached hydrogen (secondary N) is 2. The molecule has 1 aliphatic carbocycles. The number of benzene rings is 1. The van der Waals surface area contributed by atoms with Gasteiger partial charge in [-0.2, -0.15) is 0 Å². The standard InChI is InChI=1S/C23H24ClN3O3/c24-16-7-8-18-15(10-16)12-19(25-18)22(28)26-20-11-14-4-1-2-6-21(14)27(23(20)29)13-17-5-3-9-30-17/h1-2,4,6,8,10,12,16-17,20,25H,3,5,7,9,11,13H2,(H,26,28). The molecule has 6 nitrogen and oxygen atoms in total. The SMILES string of the molecule is O=C(NC1Cc2ccccc2N(CC2CCCO2)C1=O)c1cc2c([nH]1)=CCC(Cl)C=2. The van der Waals surface area contributed by atoms with Crippen LogP contribution in [0.5, 0.6) is 0 Å². The number of hydrogen-bond donors (Lipinski definition) is 2. The molecule has 2 amide bonds. The van der Waals surface area contributed by atoms with Gasteiger partial charge in [-0.05, 0) is 42.2 Å². The largest absolute Gasteiger partial charge is 0.376 e. The number of halogens is 1. The molecule has 156 valence electrons. The lowest BCUT2D eigenvalue weighted by atomic mass is 9.96. The Balaban J connectivity index is 1.39. The molecular weight excluding hydrogens is 402 g/mol. The number of alkyl halides is 1. The number of anilines is 1. The summed E-state index contributed by atoms with van der Waals surface area (Å²) in [6, 6.07) is 9.07. The van der Waals surface area contributed by atoms with Crippen LogP contribution in [-0.2, 0) is 16.0 Å². The van der Waals surface area contributed by atoms with E-state index in [0.29, 0.717) is 18.7 Å². The quantitative estimate of drug-likeness (QED) is 0.728. The number of ether oxygens (including phenoxy) is 1. The first-order valence-corrected chi connectivity index (χ1v) is 10.9. The van der Waals surface area contributed by atoms with Crippen molar-refractivity contribution >= 4 is 41.3 Å². The number of nitrogens with zero attached hydrogens (tertiary/aromatic N) is 1. The summed E-state index contributed by atoms with van der Waals surface area (Å²) >= 11 is 6.18. The van der Waals surface area contributed by atoms with Gasteiger partial charge in [0, 0.05) is 24.1 Å². The van der Waals surface area contributed by atoms with Gasteiger partial charge in [-0.1, -0.05) is 30.4 Å². The molecule has 7 heteroatoms. The maximum absolute atomic E-state index is 13.3. The topological polar surface area (TPSA) is 74.4 Å². The van der Waals surface area contributed by atoms with Crippen LogP contribution in [0.25, 0.3) is 12.2 Å². The highest BCUT2D eigenvalue weighted by molar-refractivity contribution is 6.24. The molecule has 2 aromatic rings. The molecule has 0 bridgehead atoms. The zero-order chi connectivity index (χ0) is 20.7. The Morgan fingerprint density at radius 3 is 3.03 bits per heavy atom. The van der Waals surface area contributed by atoms with Crippen molar-refractivity contribution in [2.24, 2.45) is 0 Å². The van der Waals surface area contributed by atoms with E-state index in [2.05, 4.69) is 10.3 Å². The Kier molecular flexibility index (Phi) is 5.13. The number of rotatable bonds is 4. The molecule has 1 aromatic heterocycles. The number of aromatic amines is 1. The van der Waals surface area contributed by atoms with Crippen LogP contribution >= 0.6 is 11.6 Å². The Hall–Kier alpha value is -2.57. The van der Waals surface area contributed by atoms with Crippen molar-refractivity contribution in [2.75, 3.05) is 18.1 Å². The highest BCUT2D eigenvalue weighted by atomic mass is 35.5. The second kappa shape index (κ2) is 7.93. The molecule has 0 spiro atoms. The van der Waals surface area contributed by atoms with Crippen molar-refractivity contribution in [1.82, 2.24) is 10.3 Å². The number of para-hydroxylation sites is 1. The van der Waals surface area contributed by atoms with E-state index < -0.39 is 6.04 Å². The van der Waals surface area contributed by atoms with Crippen LogP contribution in [0.3, 0.4) is 0 Å². The molecule has 0 saturated carbocycles. The predicted molar refractivity (Wildman–Crippen MR) is 116 cm³/mol. The lowest BCUT2D eigenvalue weighted by Crippen LogP contribution is -2.54. The third-order valence-electron chi connectivity index (χ3n) is 6.02. The molecule has 0 radical (unpaired) electrons. The maximum Gasteiger partial charge on any atom is 0.268 e. The summed E-state index contributed by atoms with van der Waals surface area (Å²) in [6.07, 6.45) is 7.15. The summed E-state index contributed by atoms with van der Waals surface area (Å²) in [4.78, 5) is 31.1. The van der Waals surface area contributed by atoms with E-state index in [1.165, 1.54) is 0 Å². The van der Waals surface area contributed by atoms with Crippen LogP contribution in [0.1, 0.15) is 35.3 Å². The van der Waals surface area contributed by atoms with Crippen LogP contribution in [0.4, 0.5) is 5.69 Å². The van der Waals surface area contributed by atoms with E-state index in [1.54, 1.807) is 11.0 Å². The van der Waals surface area contributed by atoms with E-state index in [4.69, 9.17) is 16.3 Å². The number of hydrogen-bond acceptors (Lipinski definition) is 3. The van der Waals surface area contributed by atoms with Crippen molar-refractivity contribution in [2.45, 2.75) is 43.2 Å². The summed E-state index contributed by atoms with van der Waals surface area (Å²) in [5.74, 6) is -0.375. The monoisotopic (exact) mass is 425 g/mol. The number of carbonyl (C=O) groups is 2. The summed E-state index contributed by atoms with van der Waals surface area (Å²) in [5, 5.41) is 4.70. The predicted octanol–water partition coefficient (Wildman–Crippen LogP) is 1.45. The minimum absolute atomic E-state index is 0.0427. The van der Waals surface area contributed by atoms with Crippen molar-refractivity contribution in [3.63, 3.8) is 0 Å². The fraction of sp³-hybridized carbons (Fsp3) is 0.391. The molecular formula is C23H24ClN3O3. The fourth-order valence-corrected chi connectivity index (χ4v) is 4.72. The molecule has 3 heterocycles. The molecule has 3 aliphatic rings. The van der Waals surface area contributed by atoms with Gasteiger partial charge in [0.1, 0.15) is 11.7 Å². The van der Waals surface area contributed by atoms with E-state index in [1.807, 2.05) is 36.4 Å². The van der Waals surface area contributed by atoms with Gasteiger partial charge < -0.3 is 19.9 Å². The third kappa shape index (κ3) is 3.66. The number of amides is 2. The molecule has 2 N–H and O–H groups in total. The van der Waals surface area contributed by atoms with Crippen LogP contribution in [-0.4, -0.2) is 47.5 Å². The summed E-state index contributed by atoms with van der Waals surface area (Å²) in [7, 11) is 0. The Morgan fingerprint density at radius 1 is 1.33 bits per heavy atom. The molecule has 5 rings (SSSR count). The minimum Gasteiger partial charge on any atom is -0.376 e. The van der Waals surface area contributed by atoms with Crippen LogP contribution < -0.4 is 20.8 Å². The second-order valence-corrected chi connectivity index (χ2v) is 8.68. The van der Waals surface area contributed by atoms with E-state index >= 15 is 0 Å². The van der Waals surface area contributed by atoms with Gasteiger partial charge in [-0.25, -0.2) is 0 Å². The van der Waals surface area contributed by atoms with Gasteiger partial charge in [0.05, 0.1) is 18.0 Å². The molecule has 3 unspecified atom stereocenters. The first kappa shape index (κ1) is 19.4. The molecule has 1 aromatic carbocycles. The molecule has 30 heavy (non-hydrogen) atoms. The van der Waals surface area contributed by atoms with Gasteiger partial charge in [0.25, 0.3) is 5.91 Å². The van der Waals surface area contributed by atoms with Crippen molar-refractivity contribution in [3.05, 3.63) is 52.2 Å². The highest BCUT2D eigenvalue weighted by Crippen LogP contribution is 2.29. The lowest BCUT2D eigenvalue weighted by molar-refractivity contribution is -0.121. The number of carbonyl (C=O) groups excluding carboxylic acids is 2. The molecule has 1 saturated heterocycles. The average Bonchev–Trinajstić information content (AvgIpc) is 3.40. The first-order chi connectivity index (χ1) is 14.6. The smallest absolute Gasteiger partial charge is 0.268 e. The van der Waals surface area contributed by atoms with Crippen molar-refractivity contribution < 1.29 is 14.3 Å². The van der Waals surface area contributed by atoms with E-state index in [0.717, 1.165) is 47.7 Å². The van der Waals surface area contributed by atoms with Crippen molar-refractivity contribution in [3.8, 4) is 0 Å². The van der Waals surface area contributed by atoms with Crippen molar-refractivity contribution in [1.29, 1.82) is 0 Å². The van der Waals surface area contributed by atoms with Crippen LogP contribution in [0.15, 0.2) is 30.3 Å². The zero-order valence-electron chi connectivity index (χ0n) is 16.6. The van der Waals surface area contributed by atoms with Gasteiger partial charge in [-0.15, -0.1) is 11.6 Å². The maximum atomic E-state index is 13.3. The highest BCUT2D eigenvalue weighted by Gasteiger charge is 2.35. The van der Waals surface area contributed by atoms with Crippen LogP contribution in [0.2, 0.25) is 0 Å². The summed E-state index contributed by atoms with van der Waals surface area (Å²) < 4.78 is 5.76. The normalized spacial score (nSPS) is 25.2. The Morgan fingerprint density at radius 2 is 2.20 bits per heavy atom. The summed E-state index contributed by atoms with van der Waals surface area (Å²) in [5.41, 5.74) is 2.41. The number of aromatic nitrogens is 1. The fourth-order valence-electron chi connectivity index (χ4n) is 4.50. The number of H-pyrrole nitrogens is 1. The first-order valence-electron chi connectivity index (χ1n) is 10.5. The molecule has 3 atom stereocenters. The lowest BCUT2D eigenvalue weighted by Gasteiger charge is -2.35. The van der Waals surface area contributed by atoms with Gasteiger partial charge >= 0.3 is 0 Å². The molecule has 1 fully saturated rings. The van der Waals surface area contributed by atoms with Gasteiger partial charge in [0.2, 0.25) is 5.91 Å².